The molecule has 1 aliphatic carbocycles. The number of methoxy groups -OCH3 is 1. The van der Waals surface area contributed by atoms with Crippen LogP contribution in [0.25, 0.3) is 0 Å². The minimum atomic E-state index is -0.338. The third-order valence-corrected chi connectivity index (χ3v) is 6.13. The lowest BCUT2D eigenvalue weighted by molar-refractivity contribution is -0.0824. The van der Waals surface area contributed by atoms with Crippen LogP contribution in [0.3, 0.4) is 0 Å². The molecule has 1 saturated heterocycles. The van der Waals surface area contributed by atoms with Gasteiger partial charge in [-0.1, -0.05) is 12.1 Å². The fourth-order valence-corrected chi connectivity index (χ4v) is 4.76. The first-order valence-corrected chi connectivity index (χ1v) is 9.04. The van der Waals surface area contributed by atoms with Gasteiger partial charge in [0.15, 0.2) is 0 Å². The standard InChI is InChI=1S/C19H26N2O3/c1-24-19-8-7-14(22)12-16(19)21(11-9-19)18(23)15-6-2-4-13-5-3-10-20-17(13)15/h2,4,6,14,16,20,22H,3,5,7-12H2,1H3/t14-,16+,19-/m1/s1. The molecule has 2 aliphatic heterocycles. The van der Waals surface area contributed by atoms with Gasteiger partial charge >= 0.3 is 0 Å². The number of carbonyl (C=O) groups excluding carboxylic acids is 1. The number of carbonyl (C=O) groups is 1. The summed E-state index contributed by atoms with van der Waals surface area (Å²) in [6.07, 6.45) is 4.84. The third-order valence-electron chi connectivity index (χ3n) is 6.13. The normalized spacial score (nSPS) is 32.0. The van der Waals surface area contributed by atoms with Crippen molar-refractivity contribution in [3.05, 3.63) is 29.3 Å². The first kappa shape index (κ1) is 15.9. The zero-order chi connectivity index (χ0) is 16.7. The molecule has 0 unspecified atom stereocenters. The van der Waals surface area contributed by atoms with Crippen LogP contribution in [0.1, 0.15) is 48.0 Å². The van der Waals surface area contributed by atoms with E-state index in [4.69, 9.17) is 4.74 Å². The fraction of sp³-hybridized carbons (Fsp3) is 0.632. The van der Waals surface area contributed by atoms with E-state index in [1.165, 1.54) is 5.56 Å². The van der Waals surface area contributed by atoms with Crippen LogP contribution in [0.15, 0.2) is 18.2 Å². The average Bonchev–Trinajstić information content (AvgIpc) is 3.00. The Balaban J connectivity index is 1.65. The zero-order valence-corrected chi connectivity index (χ0v) is 14.3. The molecule has 3 atom stereocenters. The molecule has 2 fully saturated rings. The molecular formula is C19H26N2O3. The number of fused-ring (bicyclic) bond motifs is 2. The predicted octanol–water partition coefficient (Wildman–Crippen LogP) is 2.19. The summed E-state index contributed by atoms with van der Waals surface area (Å²) in [4.78, 5) is 15.2. The summed E-state index contributed by atoms with van der Waals surface area (Å²) in [6.45, 7) is 1.62. The maximum absolute atomic E-state index is 13.3. The van der Waals surface area contributed by atoms with Crippen molar-refractivity contribution in [2.24, 2.45) is 0 Å². The summed E-state index contributed by atoms with van der Waals surface area (Å²) in [5, 5.41) is 13.5. The molecule has 4 rings (SSSR count). The van der Waals surface area contributed by atoms with Crippen molar-refractivity contribution in [2.45, 2.75) is 56.3 Å². The number of hydrogen-bond donors (Lipinski definition) is 2. The van der Waals surface area contributed by atoms with Gasteiger partial charge in [0.05, 0.1) is 29.0 Å². The van der Waals surface area contributed by atoms with Crippen molar-refractivity contribution in [3.63, 3.8) is 0 Å². The third kappa shape index (κ3) is 2.42. The molecule has 1 amide bonds. The Morgan fingerprint density at radius 3 is 3.12 bits per heavy atom. The van der Waals surface area contributed by atoms with Gasteiger partial charge in [0.2, 0.25) is 0 Å². The molecule has 1 saturated carbocycles. The number of aryl methyl sites for hydroxylation is 1. The molecule has 5 nitrogen and oxygen atoms in total. The van der Waals surface area contributed by atoms with E-state index in [2.05, 4.69) is 11.4 Å². The van der Waals surface area contributed by atoms with E-state index in [-0.39, 0.29) is 23.7 Å². The lowest BCUT2D eigenvalue weighted by atomic mass is 9.79. The number of amides is 1. The molecular weight excluding hydrogens is 304 g/mol. The first-order chi connectivity index (χ1) is 11.6. The van der Waals surface area contributed by atoms with Gasteiger partial charge in [-0.25, -0.2) is 0 Å². The van der Waals surface area contributed by atoms with Crippen molar-refractivity contribution >= 4 is 11.6 Å². The summed E-state index contributed by atoms with van der Waals surface area (Å²) in [7, 11) is 1.74. The maximum Gasteiger partial charge on any atom is 0.256 e. The van der Waals surface area contributed by atoms with Gasteiger partial charge in [-0.2, -0.15) is 0 Å². The number of aliphatic hydroxyl groups is 1. The summed E-state index contributed by atoms with van der Waals surface area (Å²) in [5.41, 5.74) is 2.71. The molecule has 1 aromatic rings. The molecule has 2 N–H and O–H groups in total. The Bertz CT molecular complexity index is 647. The highest BCUT2D eigenvalue weighted by Crippen LogP contribution is 2.43. The second kappa shape index (κ2) is 6.05. The lowest BCUT2D eigenvalue weighted by Gasteiger charge is -2.42. The number of likely N-dealkylation sites (tertiary alicyclic amines) is 1. The molecule has 1 aromatic carbocycles. The monoisotopic (exact) mass is 330 g/mol. The number of nitrogens with zero attached hydrogens (tertiary/aromatic N) is 1. The summed E-state index contributed by atoms with van der Waals surface area (Å²) >= 11 is 0. The van der Waals surface area contributed by atoms with Crippen LogP contribution >= 0.6 is 0 Å². The quantitative estimate of drug-likeness (QED) is 0.873. The highest BCUT2D eigenvalue weighted by atomic mass is 16.5. The summed E-state index contributed by atoms with van der Waals surface area (Å²) in [6, 6.07) is 5.98. The molecule has 5 heteroatoms. The van der Waals surface area contributed by atoms with Crippen LogP contribution in [-0.4, -0.2) is 53.9 Å². The first-order valence-electron chi connectivity index (χ1n) is 9.04. The van der Waals surface area contributed by atoms with Crippen LogP contribution < -0.4 is 5.32 Å². The Morgan fingerprint density at radius 1 is 1.42 bits per heavy atom. The van der Waals surface area contributed by atoms with E-state index in [0.29, 0.717) is 13.0 Å². The van der Waals surface area contributed by atoms with Gasteiger partial charge in [0, 0.05) is 20.2 Å². The van der Waals surface area contributed by atoms with Crippen molar-refractivity contribution in [1.82, 2.24) is 4.90 Å². The number of aliphatic hydroxyl groups excluding tert-OH is 1. The molecule has 24 heavy (non-hydrogen) atoms. The van der Waals surface area contributed by atoms with E-state index in [1.807, 2.05) is 17.0 Å². The van der Waals surface area contributed by atoms with Gasteiger partial charge in [-0.15, -0.1) is 0 Å². The number of para-hydroxylation sites is 1. The van der Waals surface area contributed by atoms with Gasteiger partial charge in [0.1, 0.15) is 0 Å². The molecule has 2 heterocycles. The summed E-state index contributed by atoms with van der Waals surface area (Å²) in [5.74, 6) is 0.0688. The number of rotatable bonds is 2. The van der Waals surface area contributed by atoms with Gasteiger partial charge in [0.25, 0.3) is 5.91 Å². The Labute approximate surface area is 143 Å². The maximum atomic E-state index is 13.3. The Hall–Kier alpha value is -1.59. The zero-order valence-electron chi connectivity index (χ0n) is 14.3. The van der Waals surface area contributed by atoms with Crippen LogP contribution in [0.4, 0.5) is 5.69 Å². The largest absolute Gasteiger partial charge is 0.393 e. The second-order valence-electron chi connectivity index (χ2n) is 7.33. The molecule has 0 spiro atoms. The second-order valence-corrected chi connectivity index (χ2v) is 7.33. The van der Waals surface area contributed by atoms with E-state index in [0.717, 1.165) is 49.9 Å². The van der Waals surface area contributed by atoms with Crippen molar-refractivity contribution in [2.75, 3.05) is 25.5 Å². The smallest absolute Gasteiger partial charge is 0.256 e. The summed E-state index contributed by atoms with van der Waals surface area (Å²) < 4.78 is 5.86. The minimum absolute atomic E-state index is 0.0294. The van der Waals surface area contributed by atoms with Crippen molar-refractivity contribution in [3.8, 4) is 0 Å². The SMILES string of the molecule is CO[C@@]12CC[C@@H](O)C[C@@H]1N(C(=O)c1cccc3c1NCCC3)CC2. The molecule has 0 aromatic heterocycles. The molecule has 0 bridgehead atoms. The van der Waals surface area contributed by atoms with Crippen LogP contribution in [0.5, 0.6) is 0 Å². The molecule has 0 radical (unpaired) electrons. The van der Waals surface area contributed by atoms with Crippen molar-refractivity contribution < 1.29 is 14.6 Å². The van der Waals surface area contributed by atoms with Crippen LogP contribution in [0, 0.1) is 0 Å². The fourth-order valence-electron chi connectivity index (χ4n) is 4.76. The van der Waals surface area contributed by atoms with Crippen LogP contribution in [-0.2, 0) is 11.2 Å². The van der Waals surface area contributed by atoms with Crippen LogP contribution in [0.2, 0.25) is 0 Å². The van der Waals surface area contributed by atoms with Gasteiger partial charge in [-0.3, -0.25) is 4.79 Å². The number of benzene rings is 1. The van der Waals surface area contributed by atoms with E-state index < -0.39 is 0 Å². The lowest BCUT2D eigenvalue weighted by Crippen LogP contribution is -2.52. The number of anilines is 1. The average molecular weight is 330 g/mol. The van der Waals surface area contributed by atoms with E-state index in [1.54, 1.807) is 7.11 Å². The van der Waals surface area contributed by atoms with Gasteiger partial charge < -0.3 is 20.1 Å². The number of nitrogens with one attached hydrogen (secondary N) is 1. The van der Waals surface area contributed by atoms with E-state index in [9.17, 15) is 9.90 Å². The minimum Gasteiger partial charge on any atom is -0.393 e. The highest BCUT2D eigenvalue weighted by Gasteiger charge is 2.52. The Morgan fingerprint density at radius 2 is 2.29 bits per heavy atom. The highest BCUT2D eigenvalue weighted by molar-refractivity contribution is 6.01. The number of ether oxygens (including phenoxy) is 1. The molecule has 130 valence electrons. The topological polar surface area (TPSA) is 61.8 Å². The molecule has 3 aliphatic rings. The number of hydrogen-bond acceptors (Lipinski definition) is 4. The predicted molar refractivity (Wildman–Crippen MR) is 92.3 cm³/mol. The van der Waals surface area contributed by atoms with E-state index >= 15 is 0 Å². The van der Waals surface area contributed by atoms with Gasteiger partial charge in [-0.05, 0) is 50.2 Å². The van der Waals surface area contributed by atoms with Crippen molar-refractivity contribution in [1.29, 1.82) is 0 Å². The Kier molecular flexibility index (Phi) is 4.01.